The van der Waals surface area contributed by atoms with E-state index in [0.717, 1.165) is 37.9 Å². The van der Waals surface area contributed by atoms with E-state index < -0.39 is 0 Å². The van der Waals surface area contributed by atoms with Crippen LogP contribution in [0.15, 0.2) is 35.3 Å². The zero-order valence-corrected chi connectivity index (χ0v) is 19.7. The Bertz CT molecular complexity index is 559. The molecule has 158 valence electrons. The molecule has 0 amide bonds. The first-order chi connectivity index (χ1) is 13.3. The highest BCUT2D eigenvalue weighted by molar-refractivity contribution is 14.0. The molecule has 2 aliphatic rings. The van der Waals surface area contributed by atoms with Gasteiger partial charge in [0.25, 0.3) is 0 Å². The molecule has 2 fully saturated rings. The van der Waals surface area contributed by atoms with Crippen molar-refractivity contribution in [2.75, 3.05) is 59.4 Å². The van der Waals surface area contributed by atoms with Crippen molar-refractivity contribution in [3.05, 3.63) is 35.9 Å². The van der Waals surface area contributed by atoms with Crippen LogP contribution in [0.5, 0.6) is 0 Å². The third kappa shape index (κ3) is 8.25. The maximum atomic E-state index is 4.39. The molecule has 1 aromatic carbocycles. The van der Waals surface area contributed by atoms with E-state index in [2.05, 4.69) is 55.8 Å². The third-order valence-electron chi connectivity index (χ3n) is 5.88. The summed E-state index contributed by atoms with van der Waals surface area (Å²) in [5.74, 6) is 1.68. The Balaban J connectivity index is 0.00000280. The predicted octanol–water partition coefficient (Wildman–Crippen LogP) is 2.82. The fourth-order valence-electron chi connectivity index (χ4n) is 4.19. The maximum absolute atomic E-state index is 4.39. The summed E-state index contributed by atoms with van der Waals surface area (Å²) in [6.07, 6.45) is 6.55. The Hall–Kier alpha value is -0.860. The minimum atomic E-state index is 0. The van der Waals surface area contributed by atoms with Crippen molar-refractivity contribution in [2.45, 2.75) is 32.1 Å². The van der Waals surface area contributed by atoms with Gasteiger partial charge in [0.15, 0.2) is 5.96 Å². The van der Waals surface area contributed by atoms with Crippen molar-refractivity contribution in [1.82, 2.24) is 20.4 Å². The van der Waals surface area contributed by atoms with E-state index in [0.29, 0.717) is 0 Å². The Kier molecular flexibility index (Phi) is 11.2. The highest BCUT2D eigenvalue weighted by atomic mass is 127. The fourth-order valence-corrected chi connectivity index (χ4v) is 4.19. The zero-order chi connectivity index (χ0) is 18.7. The van der Waals surface area contributed by atoms with Gasteiger partial charge in [0.2, 0.25) is 0 Å². The number of aliphatic imine (C=N–C) groups is 1. The van der Waals surface area contributed by atoms with Crippen LogP contribution in [0.25, 0.3) is 0 Å². The van der Waals surface area contributed by atoms with Crippen LogP contribution in [0.2, 0.25) is 0 Å². The van der Waals surface area contributed by atoms with Crippen LogP contribution in [-0.2, 0) is 6.42 Å². The van der Waals surface area contributed by atoms with Gasteiger partial charge in [-0.25, -0.2) is 0 Å². The van der Waals surface area contributed by atoms with Crippen molar-refractivity contribution >= 4 is 29.9 Å². The summed E-state index contributed by atoms with van der Waals surface area (Å²) < 4.78 is 0. The number of likely N-dealkylation sites (tertiary alicyclic amines) is 2. The van der Waals surface area contributed by atoms with Gasteiger partial charge < -0.3 is 20.4 Å². The smallest absolute Gasteiger partial charge is 0.191 e. The van der Waals surface area contributed by atoms with Gasteiger partial charge in [0, 0.05) is 39.8 Å². The number of rotatable bonds is 8. The summed E-state index contributed by atoms with van der Waals surface area (Å²) in [5, 5.41) is 7.02. The van der Waals surface area contributed by atoms with E-state index in [1.165, 1.54) is 64.0 Å². The molecular weight excluding hydrogens is 461 g/mol. The Morgan fingerprint density at radius 3 is 2.54 bits per heavy atom. The highest BCUT2D eigenvalue weighted by Gasteiger charge is 2.22. The van der Waals surface area contributed by atoms with Gasteiger partial charge in [-0.3, -0.25) is 4.99 Å². The summed E-state index contributed by atoms with van der Waals surface area (Å²) >= 11 is 0. The largest absolute Gasteiger partial charge is 0.356 e. The molecule has 0 aromatic heterocycles. The molecule has 1 atom stereocenters. The number of halogens is 1. The van der Waals surface area contributed by atoms with Crippen molar-refractivity contribution in [3.63, 3.8) is 0 Å². The minimum Gasteiger partial charge on any atom is -0.356 e. The highest BCUT2D eigenvalue weighted by Crippen LogP contribution is 2.16. The number of nitrogens with one attached hydrogen (secondary N) is 2. The topological polar surface area (TPSA) is 42.9 Å². The van der Waals surface area contributed by atoms with E-state index >= 15 is 0 Å². The van der Waals surface area contributed by atoms with Crippen molar-refractivity contribution in [2.24, 2.45) is 10.9 Å². The van der Waals surface area contributed by atoms with Crippen LogP contribution in [0, 0.1) is 5.92 Å². The van der Waals surface area contributed by atoms with Crippen molar-refractivity contribution in [1.29, 1.82) is 0 Å². The normalized spacial score (nSPS) is 21.3. The van der Waals surface area contributed by atoms with Gasteiger partial charge in [-0.05, 0) is 56.8 Å². The lowest BCUT2D eigenvalue weighted by Gasteiger charge is -2.26. The van der Waals surface area contributed by atoms with Crippen LogP contribution in [-0.4, -0.2) is 75.2 Å². The molecule has 0 aliphatic carbocycles. The molecule has 3 rings (SSSR count). The van der Waals surface area contributed by atoms with Gasteiger partial charge in [0.1, 0.15) is 0 Å². The molecule has 1 aromatic rings. The molecule has 6 heteroatoms. The number of benzene rings is 1. The monoisotopic (exact) mass is 499 g/mol. The van der Waals surface area contributed by atoms with Crippen LogP contribution in [0.4, 0.5) is 0 Å². The van der Waals surface area contributed by atoms with E-state index in [-0.39, 0.29) is 24.0 Å². The third-order valence-corrected chi connectivity index (χ3v) is 5.88. The quantitative estimate of drug-likeness (QED) is 0.328. The predicted molar refractivity (Wildman–Crippen MR) is 130 cm³/mol. The van der Waals surface area contributed by atoms with Crippen LogP contribution >= 0.6 is 24.0 Å². The molecule has 2 aliphatic heterocycles. The van der Waals surface area contributed by atoms with Gasteiger partial charge >= 0.3 is 0 Å². The van der Waals surface area contributed by atoms with Gasteiger partial charge in [0.05, 0.1) is 0 Å². The van der Waals surface area contributed by atoms with Gasteiger partial charge in [-0.2, -0.15) is 0 Å². The lowest BCUT2D eigenvalue weighted by Crippen LogP contribution is -2.44. The maximum Gasteiger partial charge on any atom is 0.191 e. The molecule has 0 radical (unpaired) electrons. The lowest BCUT2D eigenvalue weighted by atomic mass is 10.1. The molecule has 0 saturated carbocycles. The van der Waals surface area contributed by atoms with Crippen molar-refractivity contribution < 1.29 is 0 Å². The van der Waals surface area contributed by atoms with Gasteiger partial charge in [-0.15, -0.1) is 24.0 Å². The number of guanidine groups is 1. The number of hydrogen-bond donors (Lipinski definition) is 2. The molecule has 2 N–H and O–H groups in total. The summed E-state index contributed by atoms with van der Waals surface area (Å²) in [6.45, 7) is 9.23. The van der Waals surface area contributed by atoms with E-state index in [4.69, 9.17) is 0 Å². The summed E-state index contributed by atoms with van der Waals surface area (Å²) in [5.41, 5.74) is 1.44. The molecule has 2 heterocycles. The van der Waals surface area contributed by atoms with E-state index in [9.17, 15) is 0 Å². The fraction of sp³-hybridized carbons (Fsp3) is 0.682. The average molecular weight is 499 g/mol. The van der Waals surface area contributed by atoms with Crippen LogP contribution in [0.3, 0.4) is 0 Å². The second-order valence-electron chi connectivity index (χ2n) is 7.97. The summed E-state index contributed by atoms with van der Waals surface area (Å²) in [4.78, 5) is 9.55. The Labute approximate surface area is 188 Å². The van der Waals surface area contributed by atoms with Crippen molar-refractivity contribution in [3.8, 4) is 0 Å². The molecule has 0 bridgehead atoms. The Morgan fingerprint density at radius 1 is 1.00 bits per heavy atom. The zero-order valence-electron chi connectivity index (χ0n) is 17.4. The second-order valence-corrected chi connectivity index (χ2v) is 7.97. The first-order valence-corrected chi connectivity index (χ1v) is 10.8. The first kappa shape index (κ1) is 23.4. The van der Waals surface area contributed by atoms with E-state index in [1.807, 2.05) is 7.05 Å². The summed E-state index contributed by atoms with van der Waals surface area (Å²) in [6, 6.07) is 10.8. The molecular formula is C22H38IN5. The second kappa shape index (κ2) is 13.4. The van der Waals surface area contributed by atoms with Crippen LogP contribution in [0.1, 0.15) is 31.2 Å². The molecule has 1 unspecified atom stereocenters. The average Bonchev–Trinajstić information content (AvgIpc) is 3.18. The number of piperidine rings is 1. The van der Waals surface area contributed by atoms with E-state index in [1.54, 1.807) is 0 Å². The first-order valence-electron chi connectivity index (χ1n) is 10.8. The lowest BCUT2D eigenvalue weighted by molar-refractivity contribution is 0.232. The molecule has 5 nitrogen and oxygen atoms in total. The van der Waals surface area contributed by atoms with Gasteiger partial charge in [-0.1, -0.05) is 36.8 Å². The number of nitrogens with zero attached hydrogens (tertiary/aromatic N) is 3. The Morgan fingerprint density at radius 2 is 1.79 bits per heavy atom. The standard InChI is InChI=1S/C22H37N5.HI/c1-23-22(24-12-17-26-13-6-3-7-14-26)25-18-21-11-16-27(19-21)15-10-20-8-4-2-5-9-20;/h2,4-5,8-9,21H,3,6-7,10-19H2,1H3,(H2,23,24,25);1H. The molecule has 28 heavy (non-hydrogen) atoms. The minimum absolute atomic E-state index is 0. The molecule has 0 spiro atoms. The number of hydrogen-bond acceptors (Lipinski definition) is 3. The molecule has 2 saturated heterocycles. The van der Waals surface area contributed by atoms with Crippen LogP contribution < -0.4 is 10.6 Å². The summed E-state index contributed by atoms with van der Waals surface area (Å²) in [7, 11) is 1.87. The SMILES string of the molecule is CN=C(NCCN1CCCCC1)NCC1CCN(CCc2ccccc2)C1.I.